The number of phenols is 1. The largest absolute Gasteiger partial charge is 0.508 e. The molecule has 190 valence electrons. The number of nitro groups is 1. The van der Waals surface area contributed by atoms with E-state index in [4.69, 9.17) is 14.6 Å². The second kappa shape index (κ2) is 10.5. The summed E-state index contributed by atoms with van der Waals surface area (Å²) in [5.74, 6) is 0.586. The van der Waals surface area contributed by atoms with Gasteiger partial charge >= 0.3 is 0 Å². The van der Waals surface area contributed by atoms with E-state index < -0.39 is 10.5 Å². The van der Waals surface area contributed by atoms with Crippen LogP contribution in [0.1, 0.15) is 19.4 Å². The van der Waals surface area contributed by atoms with Gasteiger partial charge in [0.05, 0.1) is 29.5 Å². The molecule has 0 spiro atoms. The van der Waals surface area contributed by atoms with Crippen molar-refractivity contribution in [2.45, 2.75) is 26.0 Å². The molecule has 10 nitrogen and oxygen atoms in total. The van der Waals surface area contributed by atoms with Gasteiger partial charge in [-0.1, -0.05) is 18.2 Å². The predicted octanol–water partition coefficient (Wildman–Crippen LogP) is 4.33. The molecule has 0 fully saturated rings. The summed E-state index contributed by atoms with van der Waals surface area (Å²) < 4.78 is 11.4. The number of hydrogen-bond donors (Lipinski definition) is 3. The van der Waals surface area contributed by atoms with E-state index in [-0.39, 0.29) is 29.7 Å². The number of carbonyl (C=O) groups excluding carboxylic acids is 1. The van der Waals surface area contributed by atoms with Gasteiger partial charge in [-0.2, -0.15) is 0 Å². The molecule has 1 heterocycles. The maximum absolute atomic E-state index is 13.0. The van der Waals surface area contributed by atoms with Crippen molar-refractivity contribution < 1.29 is 29.4 Å². The Balaban J connectivity index is 0.00000176. The van der Waals surface area contributed by atoms with Crippen LogP contribution < -0.4 is 19.7 Å². The highest BCUT2D eigenvalue weighted by Gasteiger charge is 2.38. The minimum Gasteiger partial charge on any atom is -0.508 e. The molecule has 1 aliphatic rings. The van der Waals surface area contributed by atoms with Crippen molar-refractivity contribution in [1.82, 2.24) is 0 Å². The van der Waals surface area contributed by atoms with Crippen LogP contribution in [-0.4, -0.2) is 47.8 Å². The molecule has 0 aliphatic carbocycles. The Morgan fingerprint density at radius 2 is 1.72 bits per heavy atom. The average molecular weight is 496 g/mol. The molecule has 0 atom stereocenters. The number of aliphatic hydroxyl groups is 1. The van der Waals surface area contributed by atoms with Crippen molar-refractivity contribution >= 4 is 23.0 Å². The molecule has 3 aromatic rings. The summed E-state index contributed by atoms with van der Waals surface area (Å²) in [6.45, 7) is 3.64. The van der Waals surface area contributed by atoms with E-state index in [1.807, 2.05) is 26.0 Å². The monoisotopic (exact) mass is 495 g/mol. The van der Waals surface area contributed by atoms with Crippen LogP contribution in [0.5, 0.6) is 17.2 Å². The molecule has 0 unspecified atom stereocenters. The number of hydrogen-bond acceptors (Lipinski definition) is 8. The third-order valence-corrected chi connectivity index (χ3v) is 5.81. The van der Waals surface area contributed by atoms with Crippen LogP contribution in [0.25, 0.3) is 11.1 Å². The maximum Gasteiger partial charge on any atom is 0.273 e. The number of likely N-dealkylation sites (N-methyl/N-ethyl adjacent to an activating group) is 1. The van der Waals surface area contributed by atoms with Gasteiger partial charge in [-0.3, -0.25) is 14.9 Å². The lowest BCUT2D eigenvalue weighted by Crippen LogP contribution is -2.52. The molecule has 0 aromatic heterocycles. The quantitative estimate of drug-likeness (QED) is 0.340. The van der Waals surface area contributed by atoms with Crippen molar-refractivity contribution in [3.63, 3.8) is 0 Å². The number of phenolic OH excluding ortho intramolecular Hbond substituents is 1. The number of rotatable bonds is 6. The highest BCUT2D eigenvalue weighted by molar-refractivity contribution is 6.08. The van der Waals surface area contributed by atoms with Crippen LogP contribution in [0.2, 0.25) is 0 Å². The van der Waals surface area contributed by atoms with E-state index in [0.717, 1.165) is 23.9 Å². The van der Waals surface area contributed by atoms with E-state index in [1.165, 1.54) is 25.3 Å². The predicted molar refractivity (Wildman–Crippen MR) is 137 cm³/mol. The van der Waals surface area contributed by atoms with E-state index in [2.05, 4.69) is 5.32 Å². The Labute approximate surface area is 208 Å². The summed E-state index contributed by atoms with van der Waals surface area (Å²) in [6, 6.07) is 14.7. The van der Waals surface area contributed by atoms with E-state index >= 15 is 0 Å². The fourth-order valence-electron chi connectivity index (χ4n) is 4.13. The van der Waals surface area contributed by atoms with E-state index in [9.17, 15) is 20.0 Å². The van der Waals surface area contributed by atoms with Crippen molar-refractivity contribution in [2.24, 2.45) is 0 Å². The molecule has 36 heavy (non-hydrogen) atoms. The lowest BCUT2D eigenvalue weighted by atomic mass is 9.92. The van der Waals surface area contributed by atoms with Gasteiger partial charge in [-0.05, 0) is 49.2 Å². The van der Waals surface area contributed by atoms with Gasteiger partial charge in [0.1, 0.15) is 17.9 Å². The van der Waals surface area contributed by atoms with Gasteiger partial charge < -0.3 is 29.9 Å². The molecule has 0 saturated carbocycles. The van der Waals surface area contributed by atoms with Gasteiger partial charge in [-0.25, -0.2) is 0 Å². The minimum atomic E-state index is -0.788. The molecule has 1 amide bonds. The summed E-state index contributed by atoms with van der Waals surface area (Å²) in [5.41, 5.74) is 2.82. The van der Waals surface area contributed by atoms with Gasteiger partial charge in [0.2, 0.25) is 0 Å². The Kier molecular flexibility index (Phi) is 7.69. The molecule has 0 radical (unpaired) electrons. The normalized spacial score (nSPS) is 13.6. The first kappa shape index (κ1) is 26.3. The van der Waals surface area contributed by atoms with Crippen LogP contribution in [0, 0.1) is 10.1 Å². The molecule has 10 heteroatoms. The Hall–Kier alpha value is -4.31. The fourth-order valence-corrected chi connectivity index (χ4v) is 4.13. The molecule has 0 bridgehead atoms. The number of methoxy groups -OCH3 is 1. The number of aliphatic hydroxyl groups excluding tert-OH is 1. The van der Waals surface area contributed by atoms with Crippen LogP contribution in [0.15, 0.2) is 54.6 Å². The highest BCUT2D eigenvalue weighted by Crippen LogP contribution is 2.43. The number of nitrogens with zero attached hydrogens (tertiary/aromatic N) is 2. The fraction of sp³-hybridized carbons (Fsp3) is 0.269. The van der Waals surface area contributed by atoms with Crippen molar-refractivity contribution in [1.29, 1.82) is 0 Å². The average Bonchev–Trinajstić information content (AvgIpc) is 2.87. The lowest BCUT2D eigenvalue weighted by molar-refractivity contribution is -0.385. The zero-order valence-corrected chi connectivity index (χ0v) is 20.7. The van der Waals surface area contributed by atoms with E-state index in [1.54, 1.807) is 36.2 Å². The summed E-state index contributed by atoms with van der Waals surface area (Å²) >= 11 is 0. The van der Waals surface area contributed by atoms with Crippen LogP contribution in [-0.2, 0) is 11.4 Å². The van der Waals surface area contributed by atoms with Gasteiger partial charge in [-0.15, -0.1) is 0 Å². The van der Waals surface area contributed by atoms with E-state index in [0.29, 0.717) is 17.0 Å². The number of carbonyl (C=O) groups is 1. The Morgan fingerprint density at radius 1 is 1.06 bits per heavy atom. The Morgan fingerprint density at radius 3 is 2.33 bits per heavy atom. The molecular formula is C26H29N3O7. The second-order valence-corrected chi connectivity index (χ2v) is 8.53. The number of aromatic hydroxyl groups is 1. The van der Waals surface area contributed by atoms with Crippen molar-refractivity contribution in [3.8, 4) is 28.4 Å². The molecule has 4 rings (SSSR count). The van der Waals surface area contributed by atoms with Crippen LogP contribution in [0.4, 0.5) is 17.1 Å². The first-order valence-electron chi connectivity index (χ1n) is 11.0. The maximum atomic E-state index is 13.0. The molecule has 3 N–H and O–H groups in total. The standard InChI is InChI=1S/C25H25N3O6.CH4O/c1-25(2)24(30)27(3)23-19(14-34-22-13-16(28(31)32)7-12-21(22)33-4)18(10-11-20(23)26-25)15-5-8-17(29)9-6-15;1-2/h5-13,26,29H,14H2,1-4H3;2H,1H3. The molecular weight excluding hydrogens is 466 g/mol. The SMILES string of the molecule is CO.COc1ccc([N+](=O)[O-])cc1OCc1c(-c2ccc(O)cc2)ccc2c1N(C)C(=O)C(C)(C)N2. The summed E-state index contributed by atoms with van der Waals surface area (Å²) in [4.78, 5) is 25.4. The number of non-ortho nitro benzene ring substituents is 1. The number of nitro benzene ring substituents is 1. The first-order valence-corrected chi connectivity index (χ1v) is 11.0. The number of anilines is 2. The first-order chi connectivity index (χ1) is 17.1. The highest BCUT2D eigenvalue weighted by atomic mass is 16.6. The zero-order chi connectivity index (χ0) is 26.6. The van der Waals surface area contributed by atoms with Gasteiger partial charge in [0.25, 0.3) is 11.6 Å². The molecule has 3 aromatic carbocycles. The van der Waals surface area contributed by atoms with Crippen LogP contribution >= 0.6 is 0 Å². The van der Waals surface area contributed by atoms with Crippen molar-refractivity contribution in [3.05, 3.63) is 70.3 Å². The number of nitrogens with one attached hydrogen (secondary N) is 1. The third-order valence-electron chi connectivity index (χ3n) is 5.81. The second-order valence-electron chi connectivity index (χ2n) is 8.53. The van der Waals surface area contributed by atoms with Crippen LogP contribution in [0.3, 0.4) is 0 Å². The summed E-state index contributed by atoms with van der Waals surface area (Å²) in [6.07, 6.45) is 0. The summed E-state index contributed by atoms with van der Waals surface area (Å²) in [7, 11) is 4.17. The zero-order valence-electron chi connectivity index (χ0n) is 20.7. The van der Waals surface area contributed by atoms with Gasteiger partial charge in [0.15, 0.2) is 11.5 Å². The minimum absolute atomic E-state index is 0.0106. The summed E-state index contributed by atoms with van der Waals surface area (Å²) in [5, 5.41) is 31.3. The number of fused-ring (bicyclic) bond motifs is 1. The molecule has 0 saturated heterocycles. The topological polar surface area (TPSA) is 134 Å². The number of benzene rings is 3. The number of ether oxygens (including phenoxy) is 2. The third kappa shape index (κ3) is 5.03. The van der Waals surface area contributed by atoms with Crippen molar-refractivity contribution in [2.75, 3.05) is 31.5 Å². The lowest BCUT2D eigenvalue weighted by Gasteiger charge is -2.39. The number of amides is 1. The smallest absolute Gasteiger partial charge is 0.273 e. The Bertz CT molecular complexity index is 1270. The van der Waals surface area contributed by atoms with Gasteiger partial charge in [0, 0.05) is 25.8 Å². The molecule has 1 aliphatic heterocycles.